The van der Waals surface area contributed by atoms with Gasteiger partial charge in [0.05, 0.1) is 57.1 Å². The SMILES string of the molecule is O=S(=O)(O)CNc1ccc2c(O)c(N=Nc3ccc(S(=O)(=O)CCOSOOO)cc3S(=O)(=O)O)c(SOOO)cc2c1N=Nc1ccccc1S(=O)(=O)CCOSOOO. The van der Waals surface area contributed by atoms with Crippen LogP contribution in [0.5, 0.6) is 5.75 Å². The summed E-state index contributed by atoms with van der Waals surface area (Å²) in [5, 5.41) is 65.0. The Balaban J connectivity index is 1.85. The van der Waals surface area contributed by atoms with E-state index in [1.54, 1.807) is 0 Å². The van der Waals surface area contributed by atoms with Crippen LogP contribution < -0.4 is 5.32 Å². The molecule has 7 N–H and O–H groups in total. The Morgan fingerprint density at radius 1 is 0.623 bits per heavy atom. The van der Waals surface area contributed by atoms with Crippen LogP contribution in [0.25, 0.3) is 10.8 Å². The predicted molar refractivity (Wildman–Crippen MR) is 208 cm³/mol. The maximum atomic E-state index is 13.2. The number of azo groups is 2. The second-order valence-corrected chi connectivity index (χ2v) is 19.7. The molecule has 0 spiro atoms. The van der Waals surface area contributed by atoms with Gasteiger partial charge in [0, 0.05) is 10.8 Å². The Bertz CT molecular complexity index is 2690. The molecule has 61 heavy (non-hydrogen) atoms. The lowest BCUT2D eigenvalue weighted by Gasteiger charge is -2.14. The largest absolute Gasteiger partial charge is 0.505 e. The van der Waals surface area contributed by atoms with Crippen LogP contribution in [0.15, 0.2) is 101 Å². The third-order valence-electron chi connectivity index (χ3n) is 7.17. The highest BCUT2D eigenvalue weighted by atomic mass is 32.2. The zero-order valence-electron chi connectivity index (χ0n) is 29.7. The molecule has 4 rings (SSSR count). The summed E-state index contributed by atoms with van der Waals surface area (Å²) < 4.78 is 141. The number of sulfone groups is 2. The van der Waals surface area contributed by atoms with Gasteiger partial charge in [-0.05, 0) is 48.5 Å². The van der Waals surface area contributed by atoms with E-state index in [-0.39, 0.29) is 74.3 Å². The number of nitrogens with zero attached hydrogens (tertiary/aromatic N) is 4. The number of fused-ring (bicyclic) bond motifs is 1. The Labute approximate surface area is 356 Å². The molecule has 0 aromatic heterocycles. The van der Waals surface area contributed by atoms with Gasteiger partial charge >= 0.3 is 0 Å². The Kier molecular flexibility index (Phi) is 18.5. The predicted octanol–water partition coefficient (Wildman–Crippen LogP) is 5.86. The molecule has 0 fully saturated rings. The number of rotatable bonds is 25. The van der Waals surface area contributed by atoms with Gasteiger partial charge < -0.3 is 10.4 Å². The van der Waals surface area contributed by atoms with E-state index in [1.807, 2.05) is 0 Å². The van der Waals surface area contributed by atoms with Crippen molar-refractivity contribution in [1.29, 1.82) is 0 Å². The quantitative estimate of drug-likeness (QED) is 0.0102. The molecule has 27 nitrogen and oxygen atoms in total. The summed E-state index contributed by atoms with van der Waals surface area (Å²) in [7, 11) is -18.3. The van der Waals surface area contributed by atoms with E-state index in [2.05, 4.69) is 53.9 Å². The lowest BCUT2D eigenvalue weighted by Crippen LogP contribution is -2.13. The van der Waals surface area contributed by atoms with Crippen LogP contribution >= 0.6 is 36.7 Å². The number of nitrogens with one attached hydrogen (secondary N) is 1. The van der Waals surface area contributed by atoms with Crippen molar-refractivity contribution >= 4 is 116 Å². The van der Waals surface area contributed by atoms with Crippen LogP contribution in [-0.2, 0) is 76.4 Å². The molecule has 0 radical (unpaired) electrons. The first-order chi connectivity index (χ1) is 28.8. The van der Waals surface area contributed by atoms with Gasteiger partial charge in [0.25, 0.3) is 20.2 Å². The average molecular weight is 998 g/mol. The molecule has 0 aliphatic carbocycles. The molecule has 0 bridgehead atoms. The lowest BCUT2D eigenvalue weighted by molar-refractivity contribution is -0.434. The highest BCUT2D eigenvalue weighted by Gasteiger charge is 2.25. The molecular formula is C27H27N5O22S7. The number of phenols is 1. The minimum absolute atomic E-state index is 0.0900. The number of hydrogen-bond donors (Lipinski definition) is 7. The fourth-order valence-corrected chi connectivity index (χ4v) is 9.21. The molecule has 0 atom stereocenters. The van der Waals surface area contributed by atoms with E-state index in [1.165, 1.54) is 36.4 Å². The average Bonchev–Trinajstić information content (AvgIpc) is 3.20. The lowest BCUT2D eigenvalue weighted by atomic mass is 10.1. The van der Waals surface area contributed by atoms with Gasteiger partial charge in [-0.1, -0.05) is 27.2 Å². The van der Waals surface area contributed by atoms with Gasteiger partial charge in [0.15, 0.2) is 50.1 Å². The van der Waals surface area contributed by atoms with Crippen LogP contribution in [0.1, 0.15) is 0 Å². The van der Waals surface area contributed by atoms with Gasteiger partial charge in [0.2, 0.25) is 0 Å². The molecule has 0 saturated carbocycles. The van der Waals surface area contributed by atoms with Gasteiger partial charge in [-0.25, -0.2) is 32.6 Å². The Morgan fingerprint density at radius 3 is 1.82 bits per heavy atom. The molecule has 0 aliphatic heterocycles. The summed E-state index contributed by atoms with van der Waals surface area (Å²) >= 11 is 0.410. The van der Waals surface area contributed by atoms with E-state index >= 15 is 0 Å². The maximum Gasteiger partial charge on any atom is 0.296 e. The van der Waals surface area contributed by atoms with Crippen molar-refractivity contribution in [3.8, 4) is 5.75 Å². The number of phenolic OH excluding ortho intramolecular Hbond substituents is 1. The number of aromatic hydroxyl groups is 1. The summed E-state index contributed by atoms with van der Waals surface area (Å²) in [4.78, 5) is -2.31. The second-order valence-electron chi connectivity index (χ2n) is 10.9. The third-order valence-corrected chi connectivity index (χ3v) is 13.3. The molecule has 0 saturated heterocycles. The van der Waals surface area contributed by atoms with Gasteiger partial charge in [-0.2, -0.15) is 16.8 Å². The standard InChI is InChI=1S/C27H27N5O22S7/c33-27-17-6-8-21(28-15-60(41,42)43)25(31-29-19-3-1-2-4-23(19)59(39,40)12-10-48-57-54-51-36)18(17)14-22(55-52-49-34)26(27)32-30-20-7-5-16(13-24(20)61(44,45)46)58(37,38)11-9-47-56-53-50-35/h1-8,13-14,28,33-36H,9-12,15H2,(H,41,42,43)(H,44,45,46). The molecule has 4 aromatic rings. The van der Waals surface area contributed by atoms with Crippen molar-refractivity contribution in [2.75, 3.05) is 35.9 Å². The molecule has 0 aliphatic rings. The summed E-state index contributed by atoms with van der Waals surface area (Å²) in [6, 6.07) is 11.1. The van der Waals surface area contributed by atoms with E-state index < -0.39 is 97.4 Å². The van der Waals surface area contributed by atoms with E-state index in [9.17, 15) is 47.9 Å². The van der Waals surface area contributed by atoms with Crippen LogP contribution in [0.2, 0.25) is 0 Å². The smallest absolute Gasteiger partial charge is 0.296 e. The Morgan fingerprint density at radius 2 is 1.21 bits per heavy atom. The van der Waals surface area contributed by atoms with Crippen molar-refractivity contribution in [1.82, 2.24) is 0 Å². The van der Waals surface area contributed by atoms with Crippen LogP contribution in [0.3, 0.4) is 0 Å². The summed E-state index contributed by atoms with van der Waals surface area (Å²) in [6.07, 6.45) is 0. The number of hydrogen-bond acceptors (Lipinski definition) is 28. The minimum atomic E-state index is -5.22. The maximum absolute atomic E-state index is 13.2. The first-order valence-electron chi connectivity index (χ1n) is 15.5. The molecule has 334 valence electrons. The second kappa shape index (κ2) is 22.6. The third kappa shape index (κ3) is 14.4. The van der Waals surface area contributed by atoms with E-state index in [0.29, 0.717) is 6.07 Å². The zero-order chi connectivity index (χ0) is 44.8. The van der Waals surface area contributed by atoms with E-state index in [4.69, 9.17) is 24.1 Å². The summed E-state index contributed by atoms with van der Waals surface area (Å²) in [5.41, 5.74) is -1.90. The van der Waals surface area contributed by atoms with Gasteiger partial charge in [0.1, 0.15) is 33.5 Å². The summed E-state index contributed by atoms with van der Waals surface area (Å²) in [6.45, 7) is -0.986. The van der Waals surface area contributed by atoms with Gasteiger partial charge in [-0.3, -0.25) is 17.5 Å². The minimum Gasteiger partial charge on any atom is -0.505 e. The van der Waals surface area contributed by atoms with E-state index in [0.717, 1.165) is 18.2 Å². The van der Waals surface area contributed by atoms with Crippen molar-refractivity contribution in [3.05, 3.63) is 60.7 Å². The molecular weight excluding hydrogens is 971 g/mol. The first kappa shape index (κ1) is 49.9. The normalized spacial score (nSPS) is 12.9. The van der Waals surface area contributed by atoms with Crippen molar-refractivity contribution < 1.29 is 100 Å². The first-order valence-corrected chi connectivity index (χ1v) is 23.9. The number of anilines is 1. The van der Waals surface area contributed by atoms with Crippen molar-refractivity contribution in [3.63, 3.8) is 0 Å². The highest BCUT2D eigenvalue weighted by molar-refractivity contribution is 7.94. The zero-order valence-corrected chi connectivity index (χ0v) is 35.4. The van der Waals surface area contributed by atoms with Crippen molar-refractivity contribution in [2.45, 2.75) is 19.6 Å². The molecule has 4 aromatic carbocycles. The molecule has 34 heteroatoms. The molecule has 0 heterocycles. The van der Waals surface area contributed by atoms with Crippen LogP contribution in [-0.4, -0.2) is 94.3 Å². The topological polar surface area (TPSA) is 393 Å². The van der Waals surface area contributed by atoms with Gasteiger partial charge in [-0.15, -0.1) is 33.5 Å². The Hall–Kier alpha value is -3.73. The molecule has 0 amide bonds. The van der Waals surface area contributed by atoms with Crippen molar-refractivity contribution in [2.24, 2.45) is 20.5 Å². The number of benzene rings is 4. The fraction of sp³-hybridized carbons (Fsp3) is 0.185. The monoisotopic (exact) mass is 997 g/mol. The van der Waals surface area contributed by atoms with Crippen LogP contribution in [0, 0.1) is 0 Å². The summed E-state index contributed by atoms with van der Waals surface area (Å²) in [5.74, 6) is -3.22. The highest BCUT2D eigenvalue weighted by Crippen LogP contribution is 2.48. The van der Waals surface area contributed by atoms with Crippen LogP contribution in [0.4, 0.5) is 28.4 Å². The fourth-order valence-electron chi connectivity index (χ4n) is 4.67. The molecule has 0 unspecified atom stereocenters.